The number of nitrogens with one attached hydrogen (secondary N) is 1. The number of hydrogen-bond donors (Lipinski definition) is 1. The van der Waals surface area contributed by atoms with Gasteiger partial charge in [0.05, 0.1) is 24.4 Å². The molecule has 1 aliphatic heterocycles. The summed E-state index contributed by atoms with van der Waals surface area (Å²) in [5.74, 6) is -0.0838. The second-order valence-corrected chi connectivity index (χ2v) is 7.33. The molecule has 6 nitrogen and oxygen atoms in total. The number of carbonyl (C=O) groups is 2. The van der Waals surface area contributed by atoms with Gasteiger partial charge in [-0.1, -0.05) is 0 Å². The van der Waals surface area contributed by atoms with Gasteiger partial charge in [-0.3, -0.25) is 19.5 Å². The van der Waals surface area contributed by atoms with Crippen LogP contribution in [-0.4, -0.2) is 54.9 Å². The Morgan fingerprint density at radius 1 is 1.14 bits per heavy atom. The number of piperidine rings is 1. The summed E-state index contributed by atoms with van der Waals surface area (Å²) < 4.78 is 18.0. The lowest BCUT2D eigenvalue weighted by Gasteiger charge is -2.31. The molecule has 2 aromatic rings. The van der Waals surface area contributed by atoms with Gasteiger partial charge in [0.2, 0.25) is 0 Å². The molecule has 0 spiro atoms. The maximum Gasteiger partial charge on any atom is 0.252 e. The molecule has 1 fully saturated rings. The van der Waals surface area contributed by atoms with Crippen molar-refractivity contribution in [2.75, 3.05) is 33.3 Å². The van der Waals surface area contributed by atoms with Crippen molar-refractivity contribution >= 4 is 11.7 Å². The molecular formula is C22H26FN3O3. The molecule has 2 heterocycles. The number of carbonyl (C=O) groups excluding carboxylic acids is 2. The summed E-state index contributed by atoms with van der Waals surface area (Å²) in [6, 6.07) is 9.20. The number of Topliss-reactive ketones (excluding diaryl/α,β-unsaturated/α-hetero) is 1. The van der Waals surface area contributed by atoms with E-state index in [1.54, 1.807) is 25.4 Å². The van der Waals surface area contributed by atoms with Crippen molar-refractivity contribution in [3.8, 4) is 0 Å². The molecule has 0 radical (unpaired) electrons. The highest BCUT2D eigenvalue weighted by molar-refractivity contribution is 5.97. The number of amides is 1. The number of ether oxygens (including phenoxy) is 1. The van der Waals surface area contributed by atoms with Crippen molar-refractivity contribution in [2.45, 2.75) is 19.4 Å². The van der Waals surface area contributed by atoms with E-state index in [9.17, 15) is 14.0 Å². The normalized spacial score (nSPS) is 15.2. The molecule has 0 bridgehead atoms. The lowest BCUT2D eigenvalue weighted by atomic mass is 9.96. The van der Waals surface area contributed by atoms with Crippen LogP contribution in [0.15, 0.2) is 42.6 Å². The van der Waals surface area contributed by atoms with Gasteiger partial charge in [0.25, 0.3) is 5.91 Å². The second kappa shape index (κ2) is 10.2. The van der Waals surface area contributed by atoms with Gasteiger partial charge in [0.1, 0.15) is 5.82 Å². The molecule has 29 heavy (non-hydrogen) atoms. The standard InChI is InChI=1S/C22H26FN3O3/c1-29-15-20-7-4-18(13-24-20)22(28)25-12-16-8-10-26(11-9-16)14-21(27)17-2-5-19(23)6-3-17/h2-7,13,16H,8-12,14-15H2,1H3,(H,25,28). The van der Waals surface area contributed by atoms with E-state index in [-0.39, 0.29) is 17.5 Å². The highest BCUT2D eigenvalue weighted by atomic mass is 19.1. The minimum absolute atomic E-state index is 0.00109. The van der Waals surface area contributed by atoms with E-state index in [0.29, 0.717) is 36.7 Å². The first-order chi connectivity index (χ1) is 14.0. The van der Waals surface area contributed by atoms with Crippen LogP contribution in [0.4, 0.5) is 4.39 Å². The zero-order valence-corrected chi connectivity index (χ0v) is 16.6. The molecule has 0 unspecified atom stereocenters. The van der Waals surface area contributed by atoms with Crippen molar-refractivity contribution < 1.29 is 18.7 Å². The number of likely N-dealkylation sites (tertiary alicyclic amines) is 1. The third-order valence-electron chi connectivity index (χ3n) is 5.17. The summed E-state index contributed by atoms with van der Waals surface area (Å²) in [4.78, 5) is 30.9. The molecule has 1 aromatic carbocycles. The Balaban J connectivity index is 1.39. The van der Waals surface area contributed by atoms with E-state index >= 15 is 0 Å². The van der Waals surface area contributed by atoms with Gasteiger partial charge in [-0.05, 0) is 68.2 Å². The van der Waals surface area contributed by atoms with Gasteiger partial charge < -0.3 is 10.1 Å². The average molecular weight is 399 g/mol. The van der Waals surface area contributed by atoms with Crippen LogP contribution in [0.3, 0.4) is 0 Å². The Morgan fingerprint density at radius 2 is 1.83 bits per heavy atom. The Labute approximate surface area is 170 Å². The highest BCUT2D eigenvalue weighted by Crippen LogP contribution is 2.17. The average Bonchev–Trinajstić information content (AvgIpc) is 2.74. The number of ketones is 1. The van der Waals surface area contributed by atoms with Crippen molar-refractivity contribution in [1.82, 2.24) is 15.2 Å². The van der Waals surface area contributed by atoms with E-state index < -0.39 is 0 Å². The SMILES string of the molecule is COCc1ccc(C(=O)NCC2CCN(CC(=O)c3ccc(F)cc3)CC2)cn1. The Hall–Kier alpha value is -2.64. The molecule has 0 atom stereocenters. The van der Waals surface area contributed by atoms with Gasteiger partial charge in [0.15, 0.2) is 5.78 Å². The summed E-state index contributed by atoms with van der Waals surface area (Å²) >= 11 is 0. The molecule has 1 N–H and O–H groups in total. The van der Waals surface area contributed by atoms with E-state index in [0.717, 1.165) is 31.6 Å². The summed E-state index contributed by atoms with van der Waals surface area (Å²) in [5.41, 5.74) is 1.85. The largest absolute Gasteiger partial charge is 0.378 e. The van der Waals surface area contributed by atoms with Gasteiger partial charge in [-0.25, -0.2) is 4.39 Å². The first-order valence-corrected chi connectivity index (χ1v) is 9.78. The van der Waals surface area contributed by atoms with Gasteiger partial charge >= 0.3 is 0 Å². The van der Waals surface area contributed by atoms with Crippen LogP contribution in [0, 0.1) is 11.7 Å². The van der Waals surface area contributed by atoms with Gasteiger partial charge in [0, 0.05) is 25.4 Å². The van der Waals surface area contributed by atoms with Crippen molar-refractivity contribution in [2.24, 2.45) is 5.92 Å². The van der Waals surface area contributed by atoms with E-state index in [4.69, 9.17) is 4.74 Å². The minimum Gasteiger partial charge on any atom is -0.378 e. The van der Waals surface area contributed by atoms with Crippen LogP contribution >= 0.6 is 0 Å². The predicted molar refractivity (Wildman–Crippen MR) is 107 cm³/mol. The van der Waals surface area contributed by atoms with E-state index in [1.165, 1.54) is 24.3 Å². The van der Waals surface area contributed by atoms with Crippen LogP contribution in [0.1, 0.15) is 39.3 Å². The third-order valence-corrected chi connectivity index (χ3v) is 5.17. The van der Waals surface area contributed by atoms with Crippen molar-refractivity contribution in [3.63, 3.8) is 0 Å². The van der Waals surface area contributed by atoms with Crippen molar-refractivity contribution in [3.05, 3.63) is 65.2 Å². The molecular weight excluding hydrogens is 373 g/mol. The zero-order chi connectivity index (χ0) is 20.6. The molecule has 1 aliphatic rings. The molecule has 7 heteroatoms. The fraction of sp³-hybridized carbons (Fsp3) is 0.409. The quantitative estimate of drug-likeness (QED) is 0.691. The molecule has 154 valence electrons. The Kier molecular flexibility index (Phi) is 7.43. The Morgan fingerprint density at radius 3 is 2.45 bits per heavy atom. The smallest absolute Gasteiger partial charge is 0.252 e. The molecule has 0 aliphatic carbocycles. The molecule has 1 amide bonds. The topological polar surface area (TPSA) is 71.5 Å². The van der Waals surface area contributed by atoms with E-state index in [2.05, 4.69) is 15.2 Å². The minimum atomic E-state index is -0.342. The lowest BCUT2D eigenvalue weighted by Crippen LogP contribution is -2.40. The third kappa shape index (κ3) is 6.17. The van der Waals surface area contributed by atoms with Crippen LogP contribution in [-0.2, 0) is 11.3 Å². The summed E-state index contributed by atoms with van der Waals surface area (Å²) in [6.07, 6.45) is 3.40. The molecule has 1 aromatic heterocycles. The van der Waals surface area contributed by atoms with Crippen LogP contribution in [0.25, 0.3) is 0 Å². The maximum absolute atomic E-state index is 13.0. The first kappa shape index (κ1) is 21.1. The second-order valence-electron chi connectivity index (χ2n) is 7.33. The lowest BCUT2D eigenvalue weighted by molar-refractivity contribution is 0.0887. The van der Waals surface area contributed by atoms with Crippen LogP contribution in [0.5, 0.6) is 0 Å². The summed E-state index contributed by atoms with van der Waals surface area (Å²) in [6.45, 7) is 2.98. The van der Waals surface area contributed by atoms with Crippen molar-refractivity contribution in [1.29, 1.82) is 0 Å². The predicted octanol–water partition coefficient (Wildman–Crippen LogP) is 2.69. The number of aromatic nitrogens is 1. The summed E-state index contributed by atoms with van der Waals surface area (Å²) in [7, 11) is 1.60. The summed E-state index contributed by atoms with van der Waals surface area (Å²) in [5, 5.41) is 2.98. The molecule has 1 saturated heterocycles. The zero-order valence-electron chi connectivity index (χ0n) is 16.6. The number of methoxy groups -OCH3 is 1. The number of nitrogens with zero attached hydrogens (tertiary/aromatic N) is 2. The number of pyridine rings is 1. The fourth-order valence-corrected chi connectivity index (χ4v) is 3.41. The number of halogens is 1. The number of hydrogen-bond acceptors (Lipinski definition) is 5. The monoisotopic (exact) mass is 399 g/mol. The first-order valence-electron chi connectivity index (χ1n) is 9.78. The Bertz CT molecular complexity index is 816. The van der Waals surface area contributed by atoms with Crippen LogP contribution in [0.2, 0.25) is 0 Å². The number of rotatable bonds is 8. The number of benzene rings is 1. The van der Waals surface area contributed by atoms with Gasteiger partial charge in [-0.2, -0.15) is 0 Å². The molecule has 0 saturated carbocycles. The highest BCUT2D eigenvalue weighted by Gasteiger charge is 2.22. The maximum atomic E-state index is 13.0. The van der Waals surface area contributed by atoms with Gasteiger partial charge in [-0.15, -0.1) is 0 Å². The molecule has 3 rings (SSSR count). The fourth-order valence-electron chi connectivity index (χ4n) is 3.41. The van der Waals surface area contributed by atoms with E-state index in [1.807, 2.05) is 0 Å². The van der Waals surface area contributed by atoms with Crippen LogP contribution < -0.4 is 5.32 Å².